The molecule has 146 valence electrons. The number of aromatic nitrogens is 2. The quantitative estimate of drug-likeness (QED) is 0.832. The van der Waals surface area contributed by atoms with Crippen LogP contribution in [0.3, 0.4) is 0 Å². The number of aryl methyl sites for hydroxylation is 1. The van der Waals surface area contributed by atoms with E-state index < -0.39 is 0 Å². The second kappa shape index (κ2) is 7.88. The number of hydrogen-bond acceptors (Lipinski definition) is 6. The van der Waals surface area contributed by atoms with E-state index in [1.54, 1.807) is 0 Å². The van der Waals surface area contributed by atoms with Crippen LogP contribution in [0.4, 0.5) is 5.82 Å². The first-order valence-corrected chi connectivity index (χ1v) is 9.84. The van der Waals surface area contributed by atoms with Crippen molar-refractivity contribution in [2.24, 2.45) is 7.05 Å². The highest BCUT2D eigenvalue weighted by molar-refractivity contribution is 5.95. The fourth-order valence-corrected chi connectivity index (χ4v) is 4.13. The Bertz CT molecular complexity index is 806. The standard InChI is InChI=1S/C20H30N6O/c1-15-12-22-13-16(2)26(15)10-11-27-18-7-4-6-17-19(18)24(3)23-20(17)25-9-5-8-21-14-25/h4-7,9,15-16,21-22H,8,10-14H2,1-3H3/t15-,16+. The summed E-state index contributed by atoms with van der Waals surface area (Å²) in [5.74, 6) is 1.86. The molecular weight excluding hydrogens is 340 g/mol. The fourth-order valence-electron chi connectivity index (χ4n) is 4.13. The summed E-state index contributed by atoms with van der Waals surface area (Å²) in [4.78, 5) is 4.66. The van der Waals surface area contributed by atoms with Crippen molar-refractivity contribution in [2.45, 2.75) is 25.9 Å². The van der Waals surface area contributed by atoms with E-state index in [1.807, 2.05) is 17.8 Å². The molecule has 7 nitrogen and oxygen atoms in total. The summed E-state index contributed by atoms with van der Waals surface area (Å²) in [5, 5.41) is 12.7. The molecule has 0 unspecified atom stereocenters. The summed E-state index contributed by atoms with van der Waals surface area (Å²) >= 11 is 0. The third kappa shape index (κ3) is 3.67. The molecule has 0 saturated carbocycles. The van der Waals surface area contributed by atoms with Gasteiger partial charge in [-0.05, 0) is 26.0 Å². The van der Waals surface area contributed by atoms with Gasteiger partial charge in [0.15, 0.2) is 5.82 Å². The van der Waals surface area contributed by atoms with Crippen LogP contribution in [0.15, 0.2) is 30.5 Å². The van der Waals surface area contributed by atoms with E-state index in [9.17, 15) is 0 Å². The SMILES string of the molecule is C[C@@H]1CNC[C@H](C)N1CCOc1cccc2c(N3C=CCNC3)nn(C)c12. The molecular formula is C20H30N6O. The molecule has 0 radical (unpaired) electrons. The van der Waals surface area contributed by atoms with Gasteiger partial charge in [0.25, 0.3) is 0 Å². The predicted molar refractivity (Wildman–Crippen MR) is 109 cm³/mol. The molecule has 7 heteroatoms. The predicted octanol–water partition coefficient (Wildman–Crippen LogP) is 1.52. The lowest BCUT2D eigenvalue weighted by molar-refractivity contribution is 0.0968. The maximum absolute atomic E-state index is 6.23. The van der Waals surface area contributed by atoms with Crippen molar-refractivity contribution in [1.29, 1.82) is 0 Å². The second-order valence-electron chi connectivity index (χ2n) is 7.51. The molecule has 4 rings (SSSR count). The van der Waals surface area contributed by atoms with Gasteiger partial charge in [0, 0.05) is 56.9 Å². The van der Waals surface area contributed by atoms with Crippen molar-refractivity contribution in [1.82, 2.24) is 25.3 Å². The van der Waals surface area contributed by atoms with E-state index in [-0.39, 0.29) is 0 Å². The normalized spacial score (nSPS) is 23.9. The first-order valence-electron chi connectivity index (χ1n) is 9.84. The van der Waals surface area contributed by atoms with Crippen LogP contribution in [0, 0.1) is 0 Å². The molecule has 1 fully saturated rings. The number of benzene rings is 1. The summed E-state index contributed by atoms with van der Waals surface area (Å²) in [6.45, 7) is 9.92. The van der Waals surface area contributed by atoms with Gasteiger partial charge in [-0.3, -0.25) is 14.9 Å². The van der Waals surface area contributed by atoms with E-state index >= 15 is 0 Å². The lowest BCUT2D eigenvalue weighted by Gasteiger charge is -2.39. The average molecular weight is 371 g/mol. The monoisotopic (exact) mass is 370 g/mol. The maximum atomic E-state index is 6.23. The lowest BCUT2D eigenvalue weighted by Crippen LogP contribution is -2.55. The smallest absolute Gasteiger partial charge is 0.163 e. The Morgan fingerprint density at radius 3 is 2.74 bits per heavy atom. The zero-order valence-electron chi connectivity index (χ0n) is 16.5. The number of fused-ring (bicyclic) bond motifs is 1. The molecule has 2 aliphatic rings. The number of hydrogen-bond donors (Lipinski definition) is 2. The van der Waals surface area contributed by atoms with Gasteiger partial charge in [0.2, 0.25) is 0 Å². The minimum Gasteiger partial charge on any atom is -0.490 e. The van der Waals surface area contributed by atoms with E-state index in [0.29, 0.717) is 18.7 Å². The van der Waals surface area contributed by atoms with Crippen molar-refractivity contribution >= 4 is 16.7 Å². The van der Waals surface area contributed by atoms with Gasteiger partial charge in [0.1, 0.15) is 17.9 Å². The Morgan fingerprint density at radius 1 is 1.19 bits per heavy atom. The summed E-state index contributed by atoms with van der Waals surface area (Å²) < 4.78 is 8.15. The van der Waals surface area contributed by atoms with E-state index in [4.69, 9.17) is 9.84 Å². The first-order chi connectivity index (χ1) is 13.1. The number of para-hydroxylation sites is 1. The molecule has 0 amide bonds. The summed E-state index contributed by atoms with van der Waals surface area (Å²) in [5.41, 5.74) is 1.05. The van der Waals surface area contributed by atoms with Gasteiger partial charge < -0.3 is 15.0 Å². The number of rotatable bonds is 5. The van der Waals surface area contributed by atoms with Gasteiger partial charge in [-0.2, -0.15) is 5.10 Å². The Hall–Kier alpha value is -2.09. The number of piperazine rings is 1. The third-order valence-electron chi connectivity index (χ3n) is 5.53. The van der Waals surface area contributed by atoms with E-state index in [0.717, 1.165) is 55.3 Å². The maximum Gasteiger partial charge on any atom is 0.163 e. The van der Waals surface area contributed by atoms with Crippen molar-refractivity contribution in [3.8, 4) is 5.75 Å². The highest BCUT2D eigenvalue weighted by Gasteiger charge is 2.24. The molecule has 1 aromatic carbocycles. The zero-order valence-corrected chi connectivity index (χ0v) is 16.5. The lowest BCUT2D eigenvalue weighted by atomic mass is 10.1. The number of nitrogens with one attached hydrogen (secondary N) is 2. The Kier molecular flexibility index (Phi) is 5.33. The molecule has 0 spiro atoms. The number of ether oxygens (including phenoxy) is 1. The van der Waals surface area contributed by atoms with Crippen LogP contribution < -0.4 is 20.3 Å². The zero-order chi connectivity index (χ0) is 18.8. The van der Waals surface area contributed by atoms with E-state index in [1.165, 1.54) is 0 Å². The summed E-state index contributed by atoms with van der Waals surface area (Å²) in [6.07, 6.45) is 4.21. The Morgan fingerprint density at radius 2 is 2.00 bits per heavy atom. The van der Waals surface area contributed by atoms with Crippen molar-refractivity contribution in [2.75, 3.05) is 44.4 Å². The van der Waals surface area contributed by atoms with Crippen LogP contribution in [-0.4, -0.2) is 66.2 Å². The number of nitrogens with zero attached hydrogens (tertiary/aromatic N) is 4. The minimum atomic E-state index is 0.537. The van der Waals surface area contributed by atoms with Crippen LogP contribution in [0.1, 0.15) is 13.8 Å². The van der Waals surface area contributed by atoms with E-state index in [2.05, 4.69) is 58.7 Å². The molecule has 2 N–H and O–H groups in total. The van der Waals surface area contributed by atoms with Crippen LogP contribution in [0.2, 0.25) is 0 Å². The third-order valence-corrected chi connectivity index (χ3v) is 5.53. The average Bonchev–Trinajstić information content (AvgIpc) is 3.02. The van der Waals surface area contributed by atoms with Crippen LogP contribution in [0.25, 0.3) is 10.9 Å². The Balaban J connectivity index is 1.51. The molecule has 3 heterocycles. The second-order valence-corrected chi connectivity index (χ2v) is 7.51. The molecule has 2 atom stereocenters. The largest absolute Gasteiger partial charge is 0.490 e. The molecule has 2 aliphatic heterocycles. The van der Waals surface area contributed by atoms with Crippen molar-refractivity contribution < 1.29 is 4.74 Å². The van der Waals surface area contributed by atoms with Gasteiger partial charge >= 0.3 is 0 Å². The van der Waals surface area contributed by atoms with Gasteiger partial charge in [-0.15, -0.1) is 0 Å². The fraction of sp³-hybridized carbons (Fsp3) is 0.550. The van der Waals surface area contributed by atoms with Crippen LogP contribution in [0.5, 0.6) is 5.75 Å². The molecule has 1 aromatic heterocycles. The molecule has 27 heavy (non-hydrogen) atoms. The minimum absolute atomic E-state index is 0.537. The molecule has 0 bridgehead atoms. The molecule has 0 aliphatic carbocycles. The first kappa shape index (κ1) is 18.3. The Labute approximate surface area is 160 Å². The molecule has 2 aromatic rings. The number of anilines is 1. The summed E-state index contributed by atoms with van der Waals surface area (Å²) in [7, 11) is 1.99. The topological polar surface area (TPSA) is 57.6 Å². The van der Waals surface area contributed by atoms with Crippen molar-refractivity contribution in [3.63, 3.8) is 0 Å². The highest BCUT2D eigenvalue weighted by Crippen LogP contribution is 2.32. The van der Waals surface area contributed by atoms with Gasteiger partial charge in [-0.25, -0.2) is 0 Å². The van der Waals surface area contributed by atoms with Gasteiger partial charge in [0.05, 0.1) is 6.67 Å². The van der Waals surface area contributed by atoms with Crippen LogP contribution in [-0.2, 0) is 7.05 Å². The molecule has 1 saturated heterocycles. The summed E-state index contributed by atoms with van der Waals surface area (Å²) in [6, 6.07) is 7.29. The van der Waals surface area contributed by atoms with Crippen molar-refractivity contribution in [3.05, 3.63) is 30.5 Å². The van der Waals surface area contributed by atoms with Gasteiger partial charge in [-0.1, -0.05) is 12.1 Å². The van der Waals surface area contributed by atoms with Crippen LogP contribution >= 0.6 is 0 Å². The highest BCUT2D eigenvalue weighted by atomic mass is 16.5.